The number of nitrogens with zero attached hydrogens (tertiary/aromatic N) is 1. The molecule has 0 aromatic heterocycles. The van der Waals surface area contributed by atoms with Crippen LogP contribution in [0.4, 0.5) is 0 Å². The Morgan fingerprint density at radius 2 is 0.326 bits per heavy atom. The summed E-state index contributed by atoms with van der Waals surface area (Å²) in [7, 11) is 0. The summed E-state index contributed by atoms with van der Waals surface area (Å²) in [5.41, 5.74) is 0. The number of hydrogen-bond acceptors (Lipinski definition) is 0. The molecule has 0 aliphatic rings. The summed E-state index contributed by atoms with van der Waals surface area (Å²) in [6.07, 6.45) is 52.7. The van der Waals surface area contributed by atoms with Crippen molar-refractivity contribution in [2.75, 3.05) is 26.2 Å². The molecule has 0 N–H and O–H groups in total. The second-order valence-electron chi connectivity index (χ2n) is 15.5. The van der Waals surface area contributed by atoms with Crippen molar-refractivity contribution in [1.29, 1.82) is 0 Å². The van der Waals surface area contributed by atoms with Gasteiger partial charge in [0.15, 0.2) is 0 Å². The monoisotopic (exact) mass is 762 g/mol. The van der Waals surface area contributed by atoms with Crippen LogP contribution < -0.4 is 24.0 Å². The van der Waals surface area contributed by atoms with Gasteiger partial charge in [-0.3, -0.25) is 0 Å². The van der Waals surface area contributed by atoms with E-state index < -0.39 is 0 Å². The molecule has 0 rings (SSSR count). The van der Waals surface area contributed by atoms with Crippen molar-refractivity contribution in [3.05, 3.63) is 0 Å². The first-order valence-corrected chi connectivity index (χ1v) is 22.1. The van der Waals surface area contributed by atoms with Gasteiger partial charge >= 0.3 is 0 Å². The third-order valence-electron chi connectivity index (χ3n) is 10.9. The van der Waals surface area contributed by atoms with Crippen LogP contribution in [0.1, 0.15) is 259 Å². The minimum absolute atomic E-state index is 0. The maximum atomic E-state index is 2.37. The van der Waals surface area contributed by atoms with Gasteiger partial charge < -0.3 is 28.5 Å². The molecule has 0 aromatic rings. The van der Waals surface area contributed by atoms with Crippen LogP contribution in [0.2, 0.25) is 0 Å². The summed E-state index contributed by atoms with van der Waals surface area (Å²) in [4.78, 5) is 0. The first kappa shape index (κ1) is 48.8. The first-order chi connectivity index (χ1) is 22.2. The fourth-order valence-electron chi connectivity index (χ4n) is 7.70. The van der Waals surface area contributed by atoms with Gasteiger partial charge in [-0.1, -0.05) is 207 Å². The zero-order valence-corrected chi connectivity index (χ0v) is 35.3. The Morgan fingerprint density at radius 1 is 0.196 bits per heavy atom. The van der Waals surface area contributed by atoms with E-state index in [1.54, 1.807) is 0 Å². The molecule has 280 valence electrons. The fraction of sp³-hybridized carbons (Fsp3) is 1.00. The van der Waals surface area contributed by atoms with Gasteiger partial charge in [-0.05, 0) is 51.4 Å². The molecule has 46 heavy (non-hydrogen) atoms. The molecule has 0 amide bonds. The molecule has 0 fully saturated rings. The Bertz CT molecular complexity index is 474. The summed E-state index contributed by atoms with van der Waals surface area (Å²) in [5, 5.41) is 0. The van der Waals surface area contributed by atoms with Crippen LogP contribution in [0.3, 0.4) is 0 Å². The summed E-state index contributed by atoms with van der Waals surface area (Å²) in [6.45, 7) is 15.3. The second kappa shape index (κ2) is 41.9. The molecular formula is C44H92IN. The molecule has 0 bridgehead atoms. The largest absolute Gasteiger partial charge is 1.00 e. The molecule has 0 aliphatic heterocycles. The molecule has 0 saturated heterocycles. The van der Waals surface area contributed by atoms with E-state index in [1.807, 2.05) is 0 Å². The summed E-state index contributed by atoms with van der Waals surface area (Å²) in [6, 6.07) is 0. The van der Waals surface area contributed by atoms with Gasteiger partial charge in [0.2, 0.25) is 0 Å². The molecule has 0 atom stereocenters. The quantitative estimate of drug-likeness (QED) is 0.0331. The summed E-state index contributed by atoms with van der Waals surface area (Å²) >= 11 is 0. The number of rotatable bonds is 40. The maximum absolute atomic E-state index is 2.37. The Morgan fingerprint density at radius 3 is 0.500 bits per heavy atom. The minimum Gasteiger partial charge on any atom is -1.00 e. The standard InChI is InChI=1S/C44H92N.HI/c1-5-9-13-17-19-21-23-25-27-29-31-33-35-39-43-45(41-37-15-11-7-3,42-38-16-12-8-4)44-40-36-34-32-30-28-26-24-22-20-18-14-10-6-2;/h5-44H2,1-4H3;1H/q+1;/p-1. The molecule has 0 saturated carbocycles. The van der Waals surface area contributed by atoms with Gasteiger partial charge in [0, 0.05) is 0 Å². The molecule has 0 aliphatic carbocycles. The molecule has 0 aromatic carbocycles. The average molecular weight is 762 g/mol. The number of quaternary nitrogens is 1. The lowest BCUT2D eigenvalue weighted by molar-refractivity contribution is -0.929. The Hall–Kier alpha value is 0.690. The van der Waals surface area contributed by atoms with Crippen molar-refractivity contribution in [1.82, 2.24) is 0 Å². The molecule has 0 spiro atoms. The molecular weight excluding hydrogens is 669 g/mol. The normalized spacial score (nSPS) is 11.7. The predicted octanol–water partition coefficient (Wildman–Crippen LogP) is 12.9. The zero-order valence-electron chi connectivity index (χ0n) is 33.1. The van der Waals surface area contributed by atoms with Gasteiger partial charge in [0.25, 0.3) is 0 Å². The number of hydrogen-bond donors (Lipinski definition) is 0. The van der Waals surface area contributed by atoms with Crippen molar-refractivity contribution in [3.8, 4) is 0 Å². The van der Waals surface area contributed by atoms with Crippen molar-refractivity contribution in [2.45, 2.75) is 259 Å². The molecule has 2 heteroatoms. The zero-order chi connectivity index (χ0) is 32.8. The van der Waals surface area contributed by atoms with E-state index in [2.05, 4.69) is 27.7 Å². The van der Waals surface area contributed by atoms with E-state index in [1.165, 1.54) is 262 Å². The van der Waals surface area contributed by atoms with E-state index in [0.29, 0.717) is 0 Å². The minimum atomic E-state index is 0. The van der Waals surface area contributed by atoms with Gasteiger partial charge in [-0.15, -0.1) is 0 Å². The van der Waals surface area contributed by atoms with Crippen LogP contribution in [0.5, 0.6) is 0 Å². The lowest BCUT2D eigenvalue weighted by Crippen LogP contribution is -3.00. The van der Waals surface area contributed by atoms with E-state index in [4.69, 9.17) is 0 Å². The van der Waals surface area contributed by atoms with Crippen LogP contribution in [0.25, 0.3) is 0 Å². The van der Waals surface area contributed by atoms with Crippen LogP contribution in [-0.2, 0) is 0 Å². The molecule has 1 nitrogen and oxygen atoms in total. The van der Waals surface area contributed by atoms with Crippen molar-refractivity contribution in [2.24, 2.45) is 0 Å². The number of unbranched alkanes of at least 4 members (excludes halogenated alkanes) is 32. The highest BCUT2D eigenvalue weighted by Gasteiger charge is 2.25. The van der Waals surface area contributed by atoms with E-state index in [9.17, 15) is 0 Å². The Balaban J connectivity index is 0. The van der Waals surface area contributed by atoms with Crippen molar-refractivity contribution in [3.63, 3.8) is 0 Å². The van der Waals surface area contributed by atoms with Crippen LogP contribution in [-0.4, -0.2) is 30.7 Å². The second-order valence-corrected chi connectivity index (χ2v) is 15.5. The average Bonchev–Trinajstić information content (AvgIpc) is 3.05. The summed E-state index contributed by atoms with van der Waals surface area (Å²) < 4.78 is 1.48. The Labute approximate surface area is 312 Å². The van der Waals surface area contributed by atoms with Gasteiger partial charge in [-0.25, -0.2) is 0 Å². The maximum Gasteiger partial charge on any atom is 0.0786 e. The van der Waals surface area contributed by atoms with Gasteiger partial charge in [0.05, 0.1) is 26.2 Å². The highest BCUT2D eigenvalue weighted by Crippen LogP contribution is 2.21. The fourth-order valence-corrected chi connectivity index (χ4v) is 7.70. The van der Waals surface area contributed by atoms with E-state index in [-0.39, 0.29) is 24.0 Å². The summed E-state index contributed by atoms with van der Waals surface area (Å²) in [5.74, 6) is 0. The highest BCUT2D eigenvalue weighted by atomic mass is 127. The van der Waals surface area contributed by atoms with Crippen LogP contribution in [0, 0.1) is 0 Å². The lowest BCUT2D eigenvalue weighted by Gasteiger charge is -2.39. The van der Waals surface area contributed by atoms with Crippen LogP contribution >= 0.6 is 0 Å². The third kappa shape index (κ3) is 36.0. The predicted molar refractivity (Wildman–Crippen MR) is 209 cm³/mol. The van der Waals surface area contributed by atoms with Crippen LogP contribution in [0.15, 0.2) is 0 Å². The number of halogens is 1. The van der Waals surface area contributed by atoms with Crippen molar-refractivity contribution >= 4 is 0 Å². The molecule has 0 radical (unpaired) electrons. The van der Waals surface area contributed by atoms with E-state index >= 15 is 0 Å². The molecule has 0 heterocycles. The topological polar surface area (TPSA) is 0 Å². The van der Waals surface area contributed by atoms with Crippen molar-refractivity contribution < 1.29 is 28.5 Å². The lowest BCUT2D eigenvalue weighted by atomic mass is 10.0. The van der Waals surface area contributed by atoms with E-state index in [0.717, 1.165) is 0 Å². The SMILES string of the molecule is CCCCCCCCCCCCCCCC[N+](CCCCCC)(CCCCCC)CCCCCCCCCCCCCCCC.[I-]. The van der Waals surface area contributed by atoms with Gasteiger partial charge in [-0.2, -0.15) is 0 Å². The molecule has 0 unspecified atom stereocenters. The Kier molecular flexibility index (Phi) is 44.4. The first-order valence-electron chi connectivity index (χ1n) is 22.1. The third-order valence-corrected chi connectivity index (χ3v) is 10.9. The highest BCUT2D eigenvalue weighted by molar-refractivity contribution is 4.55. The smallest absolute Gasteiger partial charge is 0.0786 e. The van der Waals surface area contributed by atoms with Gasteiger partial charge in [0.1, 0.15) is 0 Å².